The number of hydrogen-bond acceptors (Lipinski definition) is 2. The molecule has 0 fully saturated rings. The van der Waals surface area contributed by atoms with Crippen molar-refractivity contribution in [3.8, 4) is 33.4 Å². The fourth-order valence-electron chi connectivity index (χ4n) is 6.37. The van der Waals surface area contributed by atoms with Crippen LogP contribution in [0.2, 0.25) is 0 Å². The van der Waals surface area contributed by atoms with Gasteiger partial charge >= 0.3 is 0 Å². The lowest BCUT2D eigenvalue weighted by atomic mass is 9.97. The van der Waals surface area contributed by atoms with E-state index in [1.54, 1.807) is 0 Å². The monoisotopic (exact) mass is 549 g/mol. The lowest BCUT2D eigenvalue weighted by molar-refractivity contribution is 0.104. The molecule has 0 saturated heterocycles. The molecular weight excluding hydrogens is 522 g/mol. The van der Waals surface area contributed by atoms with Gasteiger partial charge in [-0.15, -0.1) is 0 Å². The number of hydrogen-bond donors (Lipinski definition) is 0. The van der Waals surface area contributed by atoms with Crippen LogP contribution in [0.15, 0.2) is 164 Å². The van der Waals surface area contributed by atoms with E-state index < -0.39 is 0 Å². The topological polar surface area (TPSA) is 20.3 Å². The molecule has 0 heterocycles. The molecule has 7 aromatic carbocycles. The molecular formula is C41H27NO. The van der Waals surface area contributed by atoms with Crippen LogP contribution in [0.3, 0.4) is 0 Å². The Kier molecular flexibility index (Phi) is 5.98. The van der Waals surface area contributed by atoms with Crippen LogP contribution in [0.25, 0.3) is 44.2 Å². The average molecular weight is 550 g/mol. The predicted octanol–water partition coefficient (Wildman–Crippen LogP) is 10.9. The number of nitrogens with zero attached hydrogens (tertiary/aromatic N) is 1. The Morgan fingerprint density at radius 3 is 1.67 bits per heavy atom. The molecule has 202 valence electrons. The lowest BCUT2D eigenvalue weighted by Crippen LogP contribution is -2.13. The number of rotatable bonds is 5. The number of anilines is 3. The first-order valence-corrected chi connectivity index (χ1v) is 14.6. The molecule has 0 aliphatic heterocycles. The average Bonchev–Trinajstić information content (AvgIpc) is 3.38. The quantitative estimate of drug-likeness (QED) is 0.213. The summed E-state index contributed by atoms with van der Waals surface area (Å²) in [7, 11) is 0. The Balaban J connectivity index is 1.27. The van der Waals surface area contributed by atoms with Crippen molar-refractivity contribution in [3.63, 3.8) is 0 Å². The Labute approximate surface area is 251 Å². The SMILES string of the molecule is O=C1c2ccccc2-c2cccc(N(c3ccc(-c4ccccc4)cc3)c3ccc(-c4cccc5ccccc45)cc3)c21. The largest absolute Gasteiger partial charge is 0.310 e. The van der Waals surface area contributed by atoms with Gasteiger partial charge in [0, 0.05) is 16.9 Å². The standard InChI is InChI=1S/C41H27NO/c43-41-38-16-7-6-15-36(38)37-18-9-19-39(40(37)41)42(32-24-20-29(21-25-32)28-10-2-1-3-11-28)33-26-22-31(23-27-33)35-17-8-13-30-12-4-5-14-34(30)35/h1-27H. The van der Waals surface area contributed by atoms with Crippen LogP contribution in [-0.4, -0.2) is 5.78 Å². The summed E-state index contributed by atoms with van der Waals surface area (Å²) in [5, 5.41) is 2.46. The minimum Gasteiger partial charge on any atom is -0.310 e. The number of ketones is 1. The van der Waals surface area contributed by atoms with Gasteiger partial charge in [0.2, 0.25) is 0 Å². The summed E-state index contributed by atoms with van der Waals surface area (Å²) in [6.45, 7) is 0. The van der Waals surface area contributed by atoms with E-state index in [1.807, 2.05) is 30.3 Å². The van der Waals surface area contributed by atoms with Gasteiger partial charge < -0.3 is 4.90 Å². The Morgan fingerprint density at radius 2 is 0.907 bits per heavy atom. The van der Waals surface area contributed by atoms with Gasteiger partial charge in [0.05, 0.1) is 11.3 Å². The smallest absolute Gasteiger partial charge is 0.196 e. The molecule has 8 rings (SSSR count). The molecule has 0 atom stereocenters. The van der Waals surface area contributed by atoms with E-state index in [4.69, 9.17) is 0 Å². The van der Waals surface area contributed by atoms with Crippen LogP contribution < -0.4 is 4.90 Å². The van der Waals surface area contributed by atoms with E-state index in [-0.39, 0.29) is 5.78 Å². The fraction of sp³-hybridized carbons (Fsp3) is 0. The summed E-state index contributed by atoms with van der Waals surface area (Å²) >= 11 is 0. The summed E-state index contributed by atoms with van der Waals surface area (Å²) in [5.41, 5.74) is 11.0. The van der Waals surface area contributed by atoms with E-state index >= 15 is 0 Å². The van der Waals surface area contributed by atoms with Crippen molar-refractivity contribution in [2.45, 2.75) is 0 Å². The summed E-state index contributed by atoms with van der Waals surface area (Å²) in [5.74, 6) is 0.0690. The number of benzene rings is 7. The third kappa shape index (κ3) is 4.24. The van der Waals surface area contributed by atoms with Crippen molar-refractivity contribution in [3.05, 3.63) is 175 Å². The number of carbonyl (C=O) groups excluding carboxylic acids is 1. The molecule has 0 spiro atoms. The summed E-state index contributed by atoms with van der Waals surface area (Å²) in [6.07, 6.45) is 0. The molecule has 0 N–H and O–H groups in total. The maximum absolute atomic E-state index is 13.9. The van der Waals surface area contributed by atoms with Crippen LogP contribution in [0.1, 0.15) is 15.9 Å². The summed E-state index contributed by atoms with van der Waals surface area (Å²) in [4.78, 5) is 16.1. The lowest BCUT2D eigenvalue weighted by Gasteiger charge is -2.27. The van der Waals surface area contributed by atoms with Crippen LogP contribution >= 0.6 is 0 Å². The first-order valence-electron chi connectivity index (χ1n) is 14.6. The zero-order valence-electron chi connectivity index (χ0n) is 23.4. The van der Waals surface area contributed by atoms with Crippen molar-refractivity contribution in [1.29, 1.82) is 0 Å². The molecule has 2 nitrogen and oxygen atoms in total. The third-order valence-corrected chi connectivity index (χ3v) is 8.43. The zero-order chi connectivity index (χ0) is 28.8. The van der Waals surface area contributed by atoms with Crippen LogP contribution in [0, 0.1) is 0 Å². The second kappa shape index (κ2) is 10.3. The maximum Gasteiger partial charge on any atom is 0.196 e. The van der Waals surface area contributed by atoms with E-state index in [0.717, 1.165) is 50.4 Å². The van der Waals surface area contributed by atoms with E-state index in [9.17, 15) is 4.79 Å². The zero-order valence-corrected chi connectivity index (χ0v) is 23.4. The second-order valence-electron chi connectivity index (χ2n) is 10.9. The summed E-state index contributed by atoms with van der Waals surface area (Å²) in [6, 6.07) is 56.7. The second-order valence-corrected chi connectivity index (χ2v) is 10.9. The van der Waals surface area contributed by atoms with Crippen LogP contribution in [0.5, 0.6) is 0 Å². The molecule has 43 heavy (non-hydrogen) atoms. The molecule has 0 amide bonds. The highest BCUT2D eigenvalue weighted by Crippen LogP contribution is 2.46. The highest BCUT2D eigenvalue weighted by atomic mass is 16.1. The number of fused-ring (bicyclic) bond motifs is 4. The molecule has 0 saturated carbocycles. The van der Waals surface area contributed by atoms with Gasteiger partial charge in [-0.2, -0.15) is 0 Å². The van der Waals surface area contributed by atoms with Gasteiger partial charge in [-0.3, -0.25) is 4.79 Å². The van der Waals surface area contributed by atoms with Gasteiger partial charge in [0.15, 0.2) is 5.78 Å². The Morgan fingerprint density at radius 1 is 0.372 bits per heavy atom. The fourth-order valence-corrected chi connectivity index (χ4v) is 6.37. The highest BCUT2D eigenvalue weighted by molar-refractivity contribution is 6.25. The van der Waals surface area contributed by atoms with E-state index in [0.29, 0.717) is 0 Å². The van der Waals surface area contributed by atoms with Crippen molar-refractivity contribution in [2.24, 2.45) is 0 Å². The molecule has 0 unspecified atom stereocenters. The first-order chi connectivity index (χ1) is 21.3. The Hall–Kier alpha value is -5.73. The molecule has 7 aromatic rings. The van der Waals surface area contributed by atoms with Crippen molar-refractivity contribution in [2.75, 3.05) is 4.90 Å². The van der Waals surface area contributed by atoms with E-state index in [1.165, 1.54) is 21.9 Å². The van der Waals surface area contributed by atoms with Crippen molar-refractivity contribution < 1.29 is 4.79 Å². The van der Waals surface area contributed by atoms with Crippen molar-refractivity contribution >= 4 is 33.6 Å². The van der Waals surface area contributed by atoms with Gasteiger partial charge in [-0.1, -0.05) is 133 Å². The van der Waals surface area contributed by atoms with Gasteiger partial charge in [-0.05, 0) is 74.5 Å². The highest BCUT2D eigenvalue weighted by Gasteiger charge is 2.31. The van der Waals surface area contributed by atoms with Gasteiger partial charge in [0.25, 0.3) is 0 Å². The predicted molar refractivity (Wildman–Crippen MR) is 178 cm³/mol. The minimum atomic E-state index is 0.0690. The normalized spacial score (nSPS) is 11.8. The first kappa shape index (κ1) is 25.0. The van der Waals surface area contributed by atoms with Gasteiger partial charge in [-0.25, -0.2) is 0 Å². The molecule has 2 heteroatoms. The molecule has 0 bridgehead atoms. The van der Waals surface area contributed by atoms with Crippen molar-refractivity contribution in [1.82, 2.24) is 0 Å². The minimum absolute atomic E-state index is 0.0690. The van der Waals surface area contributed by atoms with Crippen LogP contribution in [-0.2, 0) is 0 Å². The number of carbonyl (C=O) groups is 1. The maximum atomic E-state index is 13.9. The molecule has 1 aliphatic rings. The van der Waals surface area contributed by atoms with Gasteiger partial charge in [0.1, 0.15) is 0 Å². The van der Waals surface area contributed by atoms with E-state index in [2.05, 4.69) is 138 Å². The van der Waals surface area contributed by atoms with Crippen LogP contribution in [0.4, 0.5) is 17.1 Å². The summed E-state index contributed by atoms with van der Waals surface area (Å²) < 4.78 is 0. The Bertz CT molecular complexity index is 2120. The third-order valence-electron chi connectivity index (χ3n) is 8.43. The molecule has 1 aliphatic carbocycles. The molecule has 0 radical (unpaired) electrons. The molecule has 0 aromatic heterocycles.